The van der Waals surface area contributed by atoms with Crippen LogP contribution in [0, 0.1) is 5.92 Å². The number of hydrogen-bond donors (Lipinski definition) is 1. The van der Waals surface area contributed by atoms with E-state index < -0.39 is 0 Å². The molecule has 0 aliphatic rings. The number of nitrogens with zero attached hydrogens (tertiary/aromatic N) is 5. The monoisotopic (exact) mass is 372 g/mol. The van der Waals surface area contributed by atoms with E-state index in [1.54, 1.807) is 16.9 Å². The minimum atomic E-state index is 0.0220. The molecule has 0 radical (unpaired) electrons. The molecule has 0 saturated heterocycles. The Morgan fingerprint density at radius 1 is 0.964 bits per heavy atom. The summed E-state index contributed by atoms with van der Waals surface area (Å²) >= 11 is 0. The molecule has 1 amide bonds. The molecule has 4 rings (SSSR count). The summed E-state index contributed by atoms with van der Waals surface area (Å²) in [5.74, 6) is 1.01. The van der Waals surface area contributed by atoms with E-state index in [1.807, 2.05) is 62.4 Å². The van der Waals surface area contributed by atoms with Crippen LogP contribution in [-0.2, 0) is 4.79 Å². The highest BCUT2D eigenvalue weighted by Crippen LogP contribution is 2.22. The number of amides is 1. The van der Waals surface area contributed by atoms with Crippen molar-refractivity contribution in [3.63, 3.8) is 0 Å². The molecule has 0 unspecified atom stereocenters. The summed E-state index contributed by atoms with van der Waals surface area (Å²) in [5.41, 5.74) is 4.08. The number of hydrogen-bond acceptors (Lipinski definition) is 5. The lowest BCUT2D eigenvalue weighted by Crippen LogP contribution is -2.13. The van der Waals surface area contributed by atoms with Gasteiger partial charge in [-0.15, -0.1) is 10.2 Å². The highest BCUT2D eigenvalue weighted by atomic mass is 16.1. The van der Waals surface area contributed by atoms with Crippen molar-refractivity contribution in [1.82, 2.24) is 24.8 Å². The number of nitrogens with one attached hydrogen (secondary N) is 1. The molecule has 0 fully saturated rings. The average molecular weight is 372 g/mol. The number of rotatable bonds is 5. The molecule has 140 valence electrons. The lowest BCUT2D eigenvalue weighted by atomic mass is 10.1. The summed E-state index contributed by atoms with van der Waals surface area (Å²) in [7, 11) is 0. The van der Waals surface area contributed by atoms with Gasteiger partial charge in [-0.05, 0) is 42.3 Å². The van der Waals surface area contributed by atoms with Gasteiger partial charge in [-0.25, -0.2) is 0 Å². The van der Waals surface area contributed by atoms with Crippen LogP contribution in [0.3, 0.4) is 0 Å². The van der Waals surface area contributed by atoms with Crippen molar-refractivity contribution in [2.75, 3.05) is 5.32 Å². The molecule has 0 saturated carbocycles. The first-order valence-electron chi connectivity index (χ1n) is 9.13. The highest BCUT2D eigenvalue weighted by Gasteiger charge is 2.11. The van der Waals surface area contributed by atoms with Gasteiger partial charge >= 0.3 is 0 Å². The van der Waals surface area contributed by atoms with Crippen LogP contribution >= 0.6 is 0 Å². The van der Waals surface area contributed by atoms with E-state index in [4.69, 9.17) is 5.10 Å². The van der Waals surface area contributed by atoms with Gasteiger partial charge in [0.15, 0.2) is 11.5 Å². The van der Waals surface area contributed by atoms with Crippen molar-refractivity contribution in [2.24, 2.45) is 5.92 Å². The quantitative estimate of drug-likeness (QED) is 0.575. The minimum absolute atomic E-state index is 0.0220. The van der Waals surface area contributed by atoms with E-state index in [9.17, 15) is 4.79 Å². The molecule has 3 heterocycles. The van der Waals surface area contributed by atoms with Crippen molar-refractivity contribution >= 4 is 17.2 Å². The zero-order valence-electron chi connectivity index (χ0n) is 15.7. The Kier molecular flexibility index (Phi) is 4.80. The number of carbonyl (C=O) groups excluding carboxylic acids is 1. The Balaban J connectivity index is 1.61. The van der Waals surface area contributed by atoms with Crippen molar-refractivity contribution < 1.29 is 4.79 Å². The predicted octanol–water partition coefficient (Wildman–Crippen LogP) is 3.84. The minimum Gasteiger partial charge on any atom is -0.326 e. The highest BCUT2D eigenvalue weighted by molar-refractivity contribution is 5.91. The maximum Gasteiger partial charge on any atom is 0.224 e. The summed E-state index contributed by atoms with van der Waals surface area (Å²) in [6.45, 7) is 4.05. The van der Waals surface area contributed by atoms with Gasteiger partial charge in [0.05, 0.1) is 5.69 Å². The number of pyridine rings is 1. The van der Waals surface area contributed by atoms with Gasteiger partial charge in [-0.1, -0.05) is 26.0 Å². The molecule has 7 nitrogen and oxygen atoms in total. The van der Waals surface area contributed by atoms with E-state index in [0.717, 1.165) is 22.5 Å². The van der Waals surface area contributed by atoms with Crippen LogP contribution in [0.5, 0.6) is 0 Å². The van der Waals surface area contributed by atoms with E-state index in [1.165, 1.54) is 0 Å². The molecular weight excluding hydrogens is 352 g/mol. The molecule has 1 aromatic carbocycles. The zero-order valence-corrected chi connectivity index (χ0v) is 15.7. The first kappa shape index (κ1) is 17.8. The van der Waals surface area contributed by atoms with Crippen molar-refractivity contribution in [3.8, 4) is 22.6 Å². The smallest absolute Gasteiger partial charge is 0.224 e. The number of anilines is 1. The molecule has 3 aromatic heterocycles. The standard InChI is InChI=1S/C21H20N6O/c1-14(2)13-20(28)23-17-5-3-15(4-6-17)18-7-8-19-24-25-21(27(19)26-18)16-9-11-22-12-10-16/h3-12,14H,13H2,1-2H3,(H,23,28). The van der Waals surface area contributed by atoms with Gasteiger partial charge in [0.2, 0.25) is 5.91 Å². The van der Waals surface area contributed by atoms with Crippen LogP contribution in [0.15, 0.2) is 60.9 Å². The van der Waals surface area contributed by atoms with E-state index in [0.29, 0.717) is 23.8 Å². The van der Waals surface area contributed by atoms with Crippen molar-refractivity contribution in [3.05, 3.63) is 60.9 Å². The Morgan fingerprint density at radius 2 is 1.71 bits per heavy atom. The molecule has 0 aliphatic heterocycles. The molecule has 28 heavy (non-hydrogen) atoms. The average Bonchev–Trinajstić information content (AvgIpc) is 3.12. The van der Waals surface area contributed by atoms with Gasteiger partial charge in [0, 0.05) is 35.6 Å². The molecule has 0 atom stereocenters. The summed E-state index contributed by atoms with van der Waals surface area (Å²) < 4.78 is 1.73. The van der Waals surface area contributed by atoms with Gasteiger partial charge in [-0.3, -0.25) is 9.78 Å². The van der Waals surface area contributed by atoms with Crippen LogP contribution in [0.4, 0.5) is 5.69 Å². The van der Waals surface area contributed by atoms with Crippen molar-refractivity contribution in [1.29, 1.82) is 0 Å². The van der Waals surface area contributed by atoms with Gasteiger partial charge in [0.25, 0.3) is 0 Å². The molecule has 0 spiro atoms. The fraction of sp³-hybridized carbons (Fsp3) is 0.190. The Bertz CT molecular complexity index is 1100. The molecule has 1 N–H and O–H groups in total. The van der Waals surface area contributed by atoms with E-state index in [-0.39, 0.29) is 5.91 Å². The number of benzene rings is 1. The first-order valence-corrected chi connectivity index (χ1v) is 9.13. The lowest BCUT2D eigenvalue weighted by molar-refractivity contribution is -0.116. The van der Waals surface area contributed by atoms with Gasteiger partial charge in [0.1, 0.15) is 0 Å². The first-order chi connectivity index (χ1) is 13.6. The fourth-order valence-electron chi connectivity index (χ4n) is 2.93. The van der Waals surface area contributed by atoms with Crippen LogP contribution < -0.4 is 5.32 Å². The van der Waals surface area contributed by atoms with Crippen LogP contribution in [0.1, 0.15) is 20.3 Å². The third-order valence-electron chi connectivity index (χ3n) is 4.26. The normalized spacial score (nSPS) is 11.1. The maximum absolute atomic E-state index is 11.9. The number of carbonyl (C=O) groups is 1. The fourth-order valence-corrected chi connectivity index (χ4v) is 2.93. The Morgan fingerprint density at radius 3 is 2.43 bits per heavy atom. The lowest BCUT2D eigenvalue weighted by Gasteiger charge is -2.08. The summed E-state index contributed by atoms with van der Waals surface area (Å²) in [6.07, 6.45) is 3.94. The zero-order chi connectivity index (χ0) is 19.5. The third-order valence-corrected chi connectivity index (χ3v) is 4.26. The second-order valence-electron chi connectivity index (χ2n) is 6.97. The topological polar surface area (TPSA) is 85.1 Å². The molecule has 0 aliphatic carbocycles. The van der Waals surface area contributed by atoms with Crippen LogP contribution in [0.2, 0.25) is 0 Å². The van der Waals surface area contributed by atoms with Crippen molar-refractivity contribution in [2.45, 2.75) is 20.3 Å². The molecular formula is C21H20N6O. The number of aromatic nitrogens is 5. The predicted molar refractivity (Wildman–Crippen MR) is 108 cm³/mol. The number of fused-ring (bicyclic) bond motifs is 1. The second kappa shape index (κ2) is 7.56. The Hall–Kier alpha value is -3.61. The largest absolute Gasteiger partial charge is 0.326 e. The second-order valence-corrected chi connectivity index (χ2v) is 6.97. The van der Waals surface area contributed by atoms with Crippen LogP contribution in [-0.4, -0.2) is 30.7 Å². The Labute approximate surface area is 162 Å². The van der Waals surface area contributed by atoms with E-state index in [2.05, 4.69) is 20.5 Å². The molecule has 4 aromatic rings. The van der Waals surface area contributed by atoms with E-state index >= 15 is 0 Å². The summed E-state index contributed by atoms with van der Waals surface area (Å²) in [6, 6.07) is 15.2. The molecule has 0 bridgehead atoms. The summed E-state index contributed by atoms with van der Waals surface area (Å²) in [5, 5.41) is 16.0. The summed E-state index contributed by atoms with van der Waals surface area (Å²) in [4.78, 5) is 16.0. The van der Waals surface area contributed by atoms with Gasteiger partial charge in [-0.2, -0.15) is 9.61 Å². The third kappa shape index (κ3) is 3.73. The molecule has 7 heteroatoms. The maximum atomic E-state index is 11.9. The van der Waals surface area contributed by atoms with Crippen LogP contribution in [0.25, 0.3) is 28.3 Å². The SMILES string of the molecule is CC(C)CC(=O)Nc1ccc(-c2ccc3nnc(-c4ccncc4)n3n2)cc1. The van der Waals surface area contributed by atoms with Gasteiger partial charge < -0.3 is 5.32 Å².